The first kappa shape index (κ1) is 29.0. The molecule has 4 rings (SSSR count). The third kappa shape index (κ3) is 9.04. The monoisotopic (exact) mass is 499 g/mol. The van der Waals surface area contributed by atoms with Crippen LogP contribution in [0.3, 0.4) is 0 Å². The molecule has 0 bridgehead atoms. The van der Waals surface area contributed by atoms with E-state index in [2.05, 4.69) is 13.8 Å². The Bertz CT molecular complexity index is 583. The predicted molar refractivity (Wildman–Crippen MR) is 159 cm³/mol. The summed E-state index contributed by atoms with van der Waals surface area (Å²) in [6, 6.07) is 0. The second kappa shape index (κ2) is 15.0. The summed E-state index contributed by atoms with van der Waals surface area (Å²) in [6.45, 7) is 4.84. The SMILES string of the molecule is CCC(C)CCCC1CCCC2(CCCCCC(CCCC3CCCC4(CCCCCCC4)C3)C2)C1. The van der Waals surface area contributed by atoms with Gasteiger partial charge in [0.15, 0.2) is 0 Å². The van der Waals surface area contributed by atoms with Gasteiger partial charge in [0.25, 0.3) is 0 Å². The van der Waals surface area contributed by atoms with Gasteiger partial charge in [0.05, 0.1) is 0 Å². The second-order valence-corrected chi connectivity index (χ2v) is 15.2. The van der Waals surface area contributed by atoms with Crippen molar-refractivity contribution in [3.63, 3.8) is 0 Å². The average molecular weight is 499 g/mol. The molecule has 4 aliphatic rings. The third-order valence-electron chi connectivity index (χ3n) is 12.3. The molecule has 0 radical (unpaired) electrons. The van der Waals surface area contributed by atoms with Gasteiger partial charge in [-0.3, -0.25) is 0 Å². The van der Waals surface area contributed by atoms with E-state index in [1.165, 1.54) is 70.6 Å². The molecule has 0 aromatic rings. The molecule has 0 aromatic carbocycles. The molecule has 5 unspecified atom stereocenters. The topological polar surface area (TPSA) is 0 Å². The van der Waals surface area contributed by atoms with Crippen LogP contribution in [-0.2, 0) is 0 Å². The highest BCUT2D eigenvalue weighted by molar-refractivity contribution is 4.91. The molecule has 4 fully saturated rings. The van der Waals surface area contributed by atoms with Gasteiger partial charge in [-0.2, -0.15) is 0 Å². The van der Waals surface area contributed by atoms with Crippen molar-refractivity contribution in [2.75, 3.05) is 0 Å². The van der Waals surface area contributed by atoms with E-state index in [9.17, 15) is 0 Å². The van der Waals surface area contributed by atoms with Crippen molar-refractivity contribution in [3.05, 3.63) is 0 Å². The zero-order valence-corrected chi connectivity index (χ0v) is 25.1. The Morgan fingerprint density at radius 2 is 0.972 bits per heavy atom. The smallest absolute Gasteiger partial charge is 0.0292 e. The minimum Gasteiger partial charge on any atom is -0.0651 e. The normalized spacial score (nSPS) is 35.0. The van der Waals surface area contributed by atoms with E-state index in [1.54, 1.807) is 109 Å². The van der Waals surface area contributed by atoms with E-state index in [0.29, 0.717) is 0 Å². The molecule has 0 heterocycles. The summed E-state index contributed by atoms with van der Waals surface area (Å²) in [5.74, 6) is 4.14. The van der Waals surface area contributed by atoms with Crippen LogP contribution in [0.15, 0.2) is 0 Å². The first-order valence-electron chi connectivity index (χ1n) is 17.6. The molecule has 0 amide bonds. The summed E-state index contributed by atoms with van der Waals surface area (Å²) in [4.78, 5) is 0. The van der Waals surface area contributed by atoms with Crippen LogP contribution >= 0.6 is 0 Å². The van der Waals surface area contributed by atoms with E-state index < -0.39 is 0 Å². The quantitative estimate of drug-likeness (QED) is 0.296. The van der Waals surface area contributed by atoms with Gasteiger partial charge >= 0.3 is 0 Å². The fourth-order valence-corrected chi connectivity index (χ4v) is 10.0. The molecule has 0 aromatic heterocycles. The molecular weight excluding hydrogens is 432 g/mol. The molecule has 0 nitrogen and oxygen atoms in total. The summed E-state index contributed by atoms with van der Waals surface area (Å²) in [7, 11) is 0. The van der Waals surface area contributed by atoms with Crippen LogP contribution in [0.2, 0.25) is 0 Å². The standard InChI is InChI=1S/C36H66/c1-3-31(2)16-12-18-34-22-15-27-36(30-34)25-11-7-8-17-32(29-36)19-13-20-33-21-14-26-35(28-33)23-9-5-4-6-10-24-35/h31-34H,3-30H2,1-2H3. The fourth-order valence-electron chi connectivity index (χ4n) is 10.0. The van der Waals surface area contributed by atoms with Crippen LogP contribution in [0.4, 0.5) is 0 Å². The lowest BCUT2D eigenvalue weighted by Crippen LogP contribution is -2.32. The molecule has 2 spiro atoms. The van der Waals surface area contributed by atoms with Gasteiger partial charge in [-0.05, 0) is 85.9 Å². The molecule has 0 heteroatoms. The molecular formula is C36H66. The van der Waals surface area contributed by atoms with Crippen molar-refractivity contribution >= 4 is 0 Å². The predicted octanol–water partition coefficient (Wildman–Crippen LogP) is 12.4. The second-order valence-electron chi connectivity index (χ2n) is 15.2. The highest BCUT2D eigenvalue weighted by atomic mass is 14.4. The largest absolute Gasteiger partial charge is 0.0651 e. The minimum atomic E-state index is 0.748. The highest BCUT2D eigenvalue weighted by Crippen LogP contribution is 2.52. The van der Waals surface area contributed by atoms with Crippen LogP contribution in [0.25, 0.3) is 0 Å². The van der Waals surface area contributed by atoms with Gasteiger partial charge in [0.1, 0.15) is 0 Å². The Kier molecular flexibility index (Phi) is 12.1. The van der Waals surface area contributed by atoms with Gasteiger partial charge in [-0.1, -0.05) is 142 Å². The van der Waals surface area contributed by atoms with Crippen molar-refractivity contribution in [1.82, 2.24) is 0 Å². The van der Waals surface area contributed by atoms with Crippen molar-refractivity contribution < 1.29 is 0 Å². The van der Waals surface area contributed by atoms with Gasteiger partial charge in [0, 0.05) is 0 Å². The van der Waals surface area contributed by atoms with Crippen LogP contribution in [0.1, 0.15) is 194 Å². The van der Waals surface area contributed by atoms with E-state index in [0.717, 1.165) is 34.5 Å². The lowest BCUT2D eigenvalue weighted by Gasteiger charge is -2.45. The van der Waals surface area contributed by atoms with E-state index >= 15 is 0 Å². The Hall–Kier alpha value is 0. The van der Waals surface area contributed by atoms with Gasteiger partial charge in [-0.15, -0.1) is 0 Å². The summed E-state index contributed by atoms with van der Waals surface area (Å²) < 4.78 is 0. The van der Waals surface area contributed by atoms with Crippen LogP contribution < -0.4 is 0 Å². The average Bonchev–Trinajstić information content (AvgIpc) is 2.85. The first-order chi connectivity index (χ1) is 17.6. The van der Waals surface area contributed by atoms with Gasteiger partial charge in [0.2, 0.25) is 0 Å². The maximum Gasteiger partial charge on any atom is -0.0292 e. The van der Waals surface area contributed by atoms with Crippen LogP contribution in [-0.4, -0.2) is 0 Å². The highest BCUT2D eigenvalue weighted by Gasteiger charge is 2.39. The maximum atomic E-state index is 2.46. The van der Waals surface area contributed by atoms with Gasteiger partial charge < -0.3 is 0 Å². The molecule has 0 N–H and O–H groups in total. The van der Waals surface area contributed by atoms with Crippen molar-refractivity contribution in [2.24, 2.45) is 34.5 Å². The number of rotatable bonds is 9. The molecule has 0 saturated heterocycles. The van der Waals surface area contributed by atoms with E-state index in [4.69, 9.17) is 0 Å². The molecule has 4 saturated carbocycles. The molecule has 36 heavy (non-hydrogen) atoms. The molecule has 0 aliphatic heterocycles. The van der Waals surface area contributed by atoms with Crippen molar-refractivity contribution in [2.45, 2.75) is 194 Å². The Balaban J connectivity index is 1.24. The number of hydrogen-bond donors (Lipinski definition) is 0. The fraction of sp³-hybridized carbons (Fsp3) is 1.00. The molecule has 4 aliphatic carbocycles. The molecule has 5 atom stereocenters. The lowest BCUT2D eigenvalue weighted by molar-refractivity contribution is 0.0679. The zero-order valence-electron chi connectivity index (χ0n) is 25.1. The summed E-state index contributed by atoms with van der Waals surface area (Å²) in [6.07, 6.45) is 43.3. The van der Waals surface area contributed by atoms with Crippen LogP contribution in [0, 0.1) is 34.5 Å². The lowest BCUT2D eigenvalue weighted by atomic mass is 9.60. The third-order valence-corrected chi connectivity index (χ3v) is 12.3. The summed E-state index contributed by atoms with van der Waals surface area (Å²) >= 11 is 0. The summed E-state index contributed by atoms with van der Waals surface area (Å²) in [5.41, 5.74) is 1.53. The van der Waals surface area contributed by atoms with E-state index in [-0.39, 0.29) is 0 Å². The number of hydrogen-bond acceptors (Lipinski definition) is 0. The van der Waals surface area contributed by atoms with E-state index in [1.807, 2.05) is 0 Å². The van der Waals surface area contributed by atoms with Crippen molar-refractivity contribution in [3.8, 4) is 0 Å². The summed E-state index contributed by atoms with van der Waals surface area (Å²) in [5, 5.41) is 0. The minimum absolute atomic E-state index is 0.748. The first-order valence-corrected chi connectivity index (χ1v) is 17.6. The Labute approximate surface area is 227 Å². The van der Waals surface area contributed by atoms with Crippen molar-refractivity contribution in [1.29, 1.82) is 0 Å². The zero-order chi connectivity index (χ0) is 25.1. The Morgan fingerprint density at radius 3 is 1.61 bits per heavy atom. The van der Waals surface area contributed by atoms with Crippen LogP contribution in [0.5, 0.6) is 0 Å². The Morgan fingerprint density at radius 1 is 0.528 bits per heavy atom. The van der Waals surface area contributed by atoms with Gasteiger partial charge in [-0.25, -0.2) is 0 Å². The maximum absolute atomic E-state index is 2.46. The molecule has 210 valence electrons.